The van der Waals surface area contributed by atoms with Crippen LogP contribution in [0, 0.1) is 0 Å². The smallest absolute Gasteiger partial charge is 0.351 e. The standard InChI is InChI=1S/C22H26F3N3O3S/c1-15(2)17-5-3-16(4-6-17)13-27-21(29)20-14-26-11-12-28(20)32(30,31)19-9-7-18(8-10-19)22(23,24)25/h3-10,15,20,26H,11-14H2,1-2H3,(H,27,29). The van der Waals surface area contributed by atoms with Gasteiger partial charge in [0.25, 0.3) is 0 Å². The first-order valence-electron chi connectivity index (χ1n) is 10.3. The number of amides is 1. The Morgan fingerprint density at radius 1 is 1.12 bits per heavy atom. The molecule has 1 saturated heterocycles. The van der Waals surface area contributed by atoms with E-state index in [4.69, 9.17) is 0 Å². The molecule has 3 rings (SSSR count). The predicted octanol–water partition coefficient (Wildman–Crippen LogP) is 3.11. The van der Waals surface area contributed by atoms with Gasteiger partial charge in [-0.25, -0.2) is 8.42 Å². The quantitative estimate of drug-likeness (QED) is 0.682. The molecule has 2 aromatic rings. The molecule has 2 aromatic carbocycles. The summed E-state index contributed by atoms with van der Waals surface area (Å²) in [5.41, 5.74) is 1.11. The second-order valence-electron chi connectivity index (χ2n) is 7.97. The lowest BCUT2D eigenvalue weighted by atomic mass is 10.0. The molecule has 2 N–H and O–H groups in total. The number of benzene rings is 2. The molecule has 1 aliphatic rings. The van der Waals surface area contributed by atoms with Crippen LogP contribution in [0.5, 0.6) is 0 Å². The lowest BCUT2D eigenvalue weighted by Crippen LogP contribution is -2.59. The van der Waals surface area contributed by atoms with Crippen LogP contribution in [-0.2, 0) is 27.5 Å². The highest BCUT2D eigenvalue weighted by Gasteiger charge is 2.38. The number of alkyl halides is 3. The largest absolute Gasteiger partial charge is 0.416 e. The van der Waals surface area contributed by atoms with Crippen LogP contribution in [0.25, 0.3) is 0 Å². The van der Waals surface area contributed by atoms with E-state index in [1.165, 1.54) is 5.56 Å². The Morgan fingerprint density at radius 3 is 2.31 bits per heavy atom. The Balaban J connectivity index is 1.73. The van der Waals surface area contributed by atoms with E-state index in [0.717, 1.165) is 34.1 Å². The number of hydrogen-bond donors (Lipinski definition) is 2. The average molecular weight is 470 g/mol. The highest BCUT2D eigenvalue weighted by atomic mass is 32.2. The fourth-order valence-corrected chi connectivity index (χ4v) is 5.06. The van der Waals surface area contributed by atoms with E-state index in [0.29, 0.717) is 12.5 Å². The van der Waals surface area contributed by atoms with Crippen LogP contribution < -0.4 is 10.6 Å². The molecule has 6 nitrogen and oxygen atoms in total. The second kappa shape index (κ2) is 9.60. The van der Waals surface area contributed by atoms with Crippen molar-refractivity contribution in [3.05, 3.63) is 65.2 Å². The Bertz CT molecular complexity index is 1040. The number of carbonyl (C=O) groups excluding carboxylic acids is 1. The predicted molar refractivity (Wildman–Crippen MR) is 114 cm³/mol. The fourth-order valence-electron chi connectivity index (χ4n) is 3.48. The summed E-state index contributed by atoms with van der Waals surface area (Å²) in [7, 11) is -4.15. The molecular weight excluding hydrogens is 443 g/mol. The molecule has 0 spiro atoms. The molecular formula is C22H26F3N3O3S. The first-order chi connectivity index (χ1) is 15.0. The number of carbonyl (C=O) groups is 1. The molecule has 10 heteroatoms. The molecule has 1 atom stereocenters. The van der Waals surface area contributed by atoms with Crippen LogP contribution in [0.2, 0.25) is 0 Å². The van der Waals surface area contributed by atoms with Crippen molar-refractivity contribution in [1.29, 1.82) is 0 Å². The minimum absolute atomic E-state index is 0.0323. The molecule has 174 valence electrons. The zero-order valence-electron chi connectivity index (χ0n) is 17.8. The molecule has 1 fully saturated rings. The van der Waals surface area contributed by atoms with Gasteiger partial charge in [0.1, 0.15) is 6.04 Å². The number of nitrogens with zero attached hydrogens (tertiary/aromatic N) is 1. The van der Waals surface area contributed by atoms with Gasteiger partial charge in [0.05, 0.1) is 10.5 Å². The number of piperazine rings is 1. The van der Waals surface area contributed by atoms with Crippen LogP contribution in [0.15, 0.2) is 53.4 Å². The van der Waals surface area contributed by atoms with Gasteiger partial charge in [0.2, 0.25) is 15.9 Å². The van der Waals surface area contributed by atoms with E-state index in [1.54, 1.807) is 0 Å². The highest BCUT2D eigenvalue weighted by molar-refractivity contribution is 7.89. The molecule has 0 bridgehead atoms. The van der Waals surface area contributed by atoms with Gasteiger partial charge in [0.15, 0.2) is 0 Å². The number of hydrogen-bond acceptors (Lipinski definition) is 4. The number of rotatable bonds is 6. The molecule has 0 radical (unpaired) electrons. The van der Waals surface area contributed by atoms with Gasteiger partial charge in [-0.05, 0) is 41.3 Å². The molecule has 1 heterocycles. The third-order valence-corrected chi connectivity index (χ3v) is 7.32. The maximum Gasteiger partial charge on any atom is 0.416 e. The monoisotopic (exact) mass is 469 g/mol. The van der Waals surface area contributed by atoms with E-state index < -0.39 is 33.7 Å². The Labute approximate surface area is 185 Å². The van der Waals surface area contributed by atoms with Crippen molar-refractivity contribution in [2.45, 2.75) is 43.4 Å². The van der Waals surface area contributed by atoms with Gasteiger partial charge in [-0.2, -0.15) is 17.5 Å². The summed E-state index contributed by atoms with van der Waals surface area (Å²) in [5.74, 6) is -0.0865. The molecule has 1 amide bonds. The van der Waals surface area contributed by atoms with Crippen LogP contribution in [0.1, 0.15) is 36.5 Å². The zero-order chi connectivity index (χ0) is 23.5. The van der Waals surface area contributed by atoms with Gasteiger partial charge in [-0.3, -0.25) is 4.79 Å². The van der Waals surface area contributed by atoms with Crippen molar-refractivity contribution in [2.75, 3.05) is 19.6 Å². The molecule has 0 saturated carbocycles. The summed E-state index contributed by atoms with van der Waals surface area (Å²) in [5, 5.41) is 5.77. The van der Waals surface area contributed by atoms with E-state index in [-0.39, 0.29) is 24.5 Å². The van der Waals surface area contributed by atoms with Crippen molar-refractivity contribution in [1.82, 2.24) is 14.9 Å². The zero-order valence-corrected chi connectivity index (χ0v) is 18.6. The van der Waals surface area contributed by atoms with Crippen molar-refractivity contribution in [3.8, 4) is 0 Å². The minimum Gasteiger partial charge on any atom is -0.351 e. The van der Waals surface area contributed by atoms with E-state index in [9.17, 15) is 26.4 Å². The third-order valence-electron chi connectivity index (χ3n) is 5.40. The van der Waals surface area contributed by atoms with Crippen LogP contribution in [0.4, 0.5) is 13.2 Å². The topological polar surface area (TPSA) is 78.5 Å². The van der Waals surface area contributed by atoms with E-state index in [2.05, 4.69) is 24.5 Å². The molecule has 1 aliphatic heterocycles. The second-order valence-corrected chi connectivity index (χ2v) is 9.86. The third kappa shape index (κ3) is 5.48. The lowest BCUT2D eigenvalue weighted by Gasteiger charge is -2.34. The average Bonchev–Trinajstić information content (AvgIpc) is 2.77. The first-order valence-corrected chi connectivity index (χ1v) is 11.7. The van der Waals surface area contributed by atoms with Gasteiger partial charge in [0, 0.05) is 26.2 Å². The van der Waals surface area contributed by atoms with E-state index >= 15 is 0 Å². The van der Waals surface area contributed by atoms with Crippen LogP contribution in [-0.4, -0.2) is 44.3 Å². The number of nitrogens with one attached hydrogen (secondary N) is 2. The van der Waals surface area contributed by atoms with Crippen molar-refractivity contribution in [3.63, 3.8) is 0 Å². The van der Waals surface area contributed by atoms with Gasteiger partial charge in [-0.1, -0.05) is 38.1 Å². The van der Waals surface area contributed by atoms with Gasteiger partial charge < -0.3 is 10.6 Å². The van der Waals surface area contributed by atoms with Crippen molar-refractivity contribution in [2.24, 2.45) is 0 Å². The maximum absolute atomic E-state index is 13.1. The summed E-state index contributed by atoms with van der Waals surface area (Å²) in [6.07, 6.45) is -4.56. The summed E-state index contributed by atoms with van der Waals surface area (Å²) in [4.78, 5) is 12.5. The van der Waals surface area contributed by atoms with Gasteiger partial charge >= 0.3 is 6.18 Å². The Kier molecular flexibility index (Phi) is 7.26. The van der Waals surface area contributed by atoms with Crippen LogP contribution >= 0.6 is 0 Å². The highest BCUT2D eigenvalue weighted by Crippen LogP contribution is 2.30. The van der Waals surface area contributed by atoms with Gasteiger partial charge in [-0.15, -0.1) is 0 Å². The molecule has 0 aliphatic carbocycles. The van der Waals surface area contributed by atoms with E-state index in [1.807, 2.05) is 24.3 Å². The molecule has 32 heavy (non-hydrogen) atoms. The summed E-state index contributed by atoms with van der Waals surface area (Å²) < 4.78 is 65.6. The minimum atomic E-state index is -4.56. The van der Waals surface area contributed by atoms with Crippen molar-refractivity contribution >= 4 is 15.9 Å². The SMILES string of the molecule is CC(C)c1ccc(CNC(=O)C2CNCCN2S(=O)(=O)c2ccc(C(F)(F)F)cc2)cc1. The Morgan fingerprint density at radius 2 is 1.75 bits per heavy atom. The number of halogens is 3. The summed E-state index contributed by atoms with van der Waals surface area (Å²) in [6, 6.07) is 10.1. The fraction of sp³-hybridized carbons (Fsp3) is 0.409. The summed E-state index contributed by atoms with van der Waals surface area (Å²) >= 11 is 0. The normalized spacial score (nSPS) is 18.0. The maximum atomic E-state index is 13.1. The Hall–Kier alpha value is -2.43. The summed E-state index contributed by atoms with van der Waals surface area (Å²) in [6.45, 7) is 4.88. The van der Waals surface area contributed by atoms with Crippen LogP contribution in [0.3, 0.4) is 0 Å². The lowest BCUT2D eigenvalue weighted by molar-refractivity contribution is -0.137. The number of sulfonamides is 1. The molecule has 0 aromatic heterocycles. The first kappa shape index (κ1) is 24.2. The molecule has 1 unspecified atom stereocenters. The van der Waals surface area contributed by atoms with Crippen molar-refractivity contribution < 1.29 is 26.4 Å².